The first-order valence-electron chi connectivity index (χ1n) is 4.73. The number of Topliss-reactive ketones (excluding diaryl/α,β-unsaturated/α-hetero) is 1. The SMILES string of the molecule is C=CC1(C)C(=O)CC1(CC)CC. The molecular weight excluding hydrogens is 148 g/mol. The van der Waals surface area contributed by atoms with Gasteiger partial charge in [-0.25, -0.2) is 0 Å². The van der Waals surface area contributed by atoms with E-state index >= 15 is 0 Å². The molecule has 12 heavy (non-hydrogen) atoms. The van der Waals surface area contributed by atoms with Crippen LogP contribution in [0.5, 0.6) is 0 Å². The Morgan fingerprint density at radius 1 is 1.50 bits per heavy atom. The Hall–Kier alpha value is -0.590. The molecule has 1 atom stereocenters. The molecule has 0 aliphatic heterocycles. The number of carbonyl (C=O) groups is 1. The minimum absolute atomic E-state index is 0.214. The van der Waals surface area contributed by atoms with Crippen LogP contribution in [0, 0.1) is 10.8 Å². The van der Waals surface area contributed by atoms with E-state index in [1.807, 2.05) is 13.0 Å². The number of hydrogen-bond donors (Lipinski definition) is 0. The molecule has 0 amide bonds. The van der Waals surface area contributed by atoms with Crippen LogP contribution in [0.25, 0.3) is 0 Å². The lowest BCUT2D eigenvalue weighted by atomic mass is 9.47. The van der Waals surface area contributed by atoms with Crippen molar-refractivity contribution in [2.45, 2.75) is 40.0 Å². The monoisotopic (exact) mass is 166 g/mol. The molecule has 1 nitrogen and oxygen atoms in total. The van der Waals surface area contributed by atoms with Crippen molar-refractivity contribution >= 4 is 5.78 Å². The van der Waals surface area contributed by atoms with Crippen LogP contribution in [0.1, 0.15) is 40.0 Å². The van der Waals surface area contributed by atoms with Gasteiger partial charge in [0.1, 0.15) is 5.78 Å². The number of ketones is 1. The lowest BCUT2D eigenvalue weighted by Gasteiger charge is -2.54. The van der Waals surface area contributed by atoms with E-state index in [-0.39, 0.29) is 10.8 Å². The van der Waals surface area contributed by atoms with Gasteiger partial charge in [0, 0.05) is 11.8 Å². The minimum atomic E-state index is -0.240. The van der Waals surface area contributed by atoms with Gasteiger partial charge in [0.25, 0.3) is 0 Å². The lowest BCUT2D eigenvalue weighted by molar-refractivity contribution is -0.152. The number of hydrogen-bond acceptors (Lipinski definition) is 1. The zero-order valence-corrected chi connectivity index (χ0v) is 8.31. The molecule has 0 aromatic carbocycles. The summed E-state index contributed by atoms with van der Waals surface area (Å²) >= 11 is 0. The van der Waals surface area contributed by atoms with Crippen molar-refractivity contribution in [1.82, 2.24) is 0 Å². The summed E-state index contributed by atoms with van der Waals surface area (Å²) in [6.45, 7) is 10.1. The Balaban J connectivity index is 2.96. The third-order valence-corrected chi connectivity index (χ3v) is 3.94. The summed E-state index contributed by atoms with van der Waals surface area (Å²) < 4.78 is 0. The predicted octanol–water partition coefficient (Wildman–Crippen LogP) is 2.96. The van der Waals surface area contributed by atoms with E-state index in [1.165, 1.54) is 0 Å². The van der Waals surface area contributed by atoms with E-state index in [4.69, 9.17) is 0 Å². The van der Waals surface area contributed by atoms with Gasteiger partial charge in [-0.1, -0.05) is 19.9 Å². The molecule has 0 radical (unpaired) electrons. The average molecular weight is 166 g/mol. The zero-order valence-electron chi connectivity index (χ0n) is 8.31. The van der Waals surface area contributed by atoms with Gasteiger partial charge in [0.2, 0.25) is 0 Å². The Bertz CT molecular complexity index is 213. The highest BCUT2D eigenvalue weighted by Gasteiger charge is 2.58. The van der Waals surface area contributed by atoms with E-state index < -0.39 is 0 Å². The second kappa shape index (κ2) is 2.72. The summed E-state index contributed by atoms with van der Waals surface area (Å²) in [6.07, 6.45) is 4.75. The maximum Gasteiger partial charge on any atom is 0.143 e. The highest BCUT2D eigenvalue weighted by Crippen LogP contribution is 2.58. The van der Waals surface area contributed by atoms with Gasteiger partial charge in [-0.2, -0.15) is 0 Å². The molecule has 1 unspecified atom stereocenters. The molecule has 0 spiro atoms. The van der Waals surface area contributed by atoms with Crippen LogP contribution < -0.4 is 0 Å². The average Bonchev–Trinajstić information content (AvgIpc) is 2.12. The van der Waals surface area contributed by atoms with E-state index in [2.05, 4.69) is 20.4 Å². The van der Waals surface area contributed by atoms with Crippen LogP contribution >= 0.6 is 0 Å². The summed E-state index contributed by atoms with van der Waals surface area (Å²) in [6, 6.07) is 0. The highest BCUT2D eigenvalue weighted by molar-refractivity contribution is 5.94. The largest absolute Gasteiger partial charge is 0.299 e. The predicted molar refractivity (Wildman–Crippen MR) is 50.9 cm³/mol. The Kier molecular flexibility index (Phi) is 2.15. The van der Waals surface area contributed by atoms with Crippen molar-refractivity contribution in [2.24, 2.45) is 10.8 Å². The first-order chi connectivity index (χ1) is 5.56. The summed E-state index contributed by atoms with van der Waals surface area (Å²) in [7, 11) is 0. The molecule has 0 N–H and O–H groups in total. The highest BCUT2D eigenvalue weighted by atomic mass is 16.1. The van der Waals surface area contributed by atoms with E-state index in [0.717, 1.165) is 19.3 Å². The van der Waals surface area contributed by atoms with Gasteiger partial charge >= 0.3 is 0 Å². The van der Waals surface area contributed by atoms with Gasteiger partial charge < -0.3 is 0 Å². The second-order valence-corrected chi connectivity index (χ2v) is 3.99. The molecule has 1 aliphatic carbocycles. The van der Waals surface area contributed by atoms with Crippen LogP contribution in [0.4, 0.5) is 0 Å². The quantitative estimate of drug-likeness (QED) is 0.589. The molecule has 1 saturated carbocycles. The molecule has 1 aliphatic rings. The molecule has 1 rings (SSSR count). The molecule has 0 heterocycles. The zero-order chi connectivity index (χ0) is 9.41. The summed E-state index contributed by atoms with van der Waals surface area (Å²) in [5, 5.41) is 0. The molecule has 0 aromatic heterocycles. The first-order valence-corrected chi connectivity index (χ1v) is 4.73. The fourth-order valence-corrected chi connectivity index (χ4v) is 2.43. The van der Waals surface area contributed by atoms with E-state index in [9.17, 15) is 4.79 Å². The van der Waals surface area contributed by atoms with Crippen LogP contribution in [0.3, 0.4) is 0 Å². The summed E-state index contributed by atoms with van der Waals surface area (Å²) in [5.74, 6) is 0.362. The van der Waals surface area contributed by atoms with Crippen LogP contribution in [0.2, 0.25) is 0 Å². The Morgan fingerprint density at radius 2 is 2.00 bits per heavy atom. The molecule has 0 saturated heterocycles. The maximum absolute atomic E-state index is 11.4. The third-order valence-electron chi connectivity index (χ3n) is 3.94. The maximum atomic E-state index is 11.4. The molecular formula is C11H18O. The Labute approximate surface area is 74.9 Å². The van der Waals surface area contributed by atoms with Crippen molar-refractivity contribution in [1.29, 1.82) is 0 Å². The summed E-state index contributed by atoms with van der Waals surface area (Å²) in [4.78, 5) is 11.4. The molecule has 1 heteroatoms. The normalized spacial score (nSPS) is 32.8. The fourth-order valence-electron chi connectivity index (χ4n) is 2.43. The minimum Gasteiger partial charge on any atom is -0.299 e. The van der Waals surface area contributed by atoms with Crippen LogP contribution in [-0.2, 0) is 4.79 Å². The smallest absolute Gasteiger partial charge is 0.143 e. The van der Waals surface area contributed by atoms with Gasteiger partial charge in [0.15, 0.2) is 0 Å². The van der Waals surface area contributed by atoms with Crippen molar-refractivity contribution in [3.8, 4) is 0 Å². The molecule has 1 fully saturated rings. The fraction of sp³-hybridized carbons (Fsp3) is 0.727. The number of rotatable bonds is 3. The van der Waals surface area contributed by atoms with Crippen molar-refractivity contribution in [2.75, 3.05) is 0 Å². The lowest BCUT2D eigenvalue weighted by Crippen LogP contribution is -2.55. The number of carbonyl (C=O) groups excluding carboxylic acids is 1. The van der Waals surface area contributed by atoms with Crippen LogP contribution in [-0.4, -0.2) is 5.78 Å². The third kappa shape index (κ3) is 0.825. The van der Waals surface area contributed by atoms with Gasteiger partial charge in [-0.05, 0) is 25.2 Å². The van der Waals surface area contributed by atoms with E-state index in [0.29, 0.717) is 5.78 Å². The molecule has 68 valence electrons. The topological polar surface area (TPSA) is 17.1 Å². The standard InChI is InChI=1S/C11H18O/c1-5-10(4)9(12)8-11(10,6-2)7-3/h5H,1,6-8H2,2-4H3. The first kappa shape index (κ1) is 9.50. The van der Waals surface area contributed by atoms with Crippen molar-refractivity contribution in [3.63, 3.8) is 0 Å². The molecule has 0 bridgehead atoms. The summed E-state index contributed by atoms with van der Waals surface area (Å²) in [5.41, 5.74) is -0.0255. The van der Waals surface area contributed by atoms with Gasteiger partial charge in [0.05, 0.1) is 0 Å². The Morgan fingerprint density at radius 3 is 2.17 bits per heavy atom. The molecule has 0 aromatic rings. The van der Waals surface area contributed by atoms with E-state index in [1.54, 1.807) is 0 Å². The number of allylic oxidation sites excluding steroid dienone is 1. The second-order valence-electron chi connectivity index (χ2n) is 3.99. The van der Waals surface area contributed by atoms with Crippen molar-refractivity contribution in [3.05, 3.63) is 12.7 Å². The van der Waals surface area contributed by atoms with Gasteiger partial charge in [-0.3, -0.25) is 4.79 Å². The van der Waals surface area contributed by atoms with Crippen molar-refractivity contribution < 1.29 is 4.79 Å². The van der Waals surface area contributed by atoms with Crippen LogP contribution in [0.15, 0.2) is 12.7 Å². The van der Waals surface area contributed by atoms with Gasteiger partial charge in [-0.15, -0.1) is 6.58 Å².